The molecule has 33 heavy (non-hydrogen) atoms. The molecule has 4 heteroatoms. The van der Waals surface area contributed by atoms with Gasteiger partial charge in [0.2, 0.25) is 0 Å². The summed E-state index contributed by atoms with van der Waals surface area (Å²) in [6, 6.07) is 7.47. The highest BCUT2D eigenvalue weighted by Gasteiger charge is 2.29. The summed E-state index contributed by atoms with van der Waals surface area (Å²) in [5.41, 5.74) is 5.39. The molecular formula is C29H42N2O2. The highest BCUT2D eigenvalue weighted by atomic mass is 16.3. The van der Waals surface area contributed by atoms with Crippen molar-refractivity contribution >= 4 is 5.91 Å². The molecular weight excluding hydrogens is 408 g/mol. The van der Waals surface area contributed by atoms with Crippen LogP contribution in [0.5, 0.6) is 5.75 Å². The van der Waals surface area contributed by atoms with E-state index in [1.165, 1.54) is 24.8 Å². The van der Waals surface area contributed by atoms with Gasteiger partial charge in [-0.1, -0.05) is 50.1 Å². The highest BCUT2D eigenvalue weighted by Crippen LogP contribution is 2.40. The third kappa shape index (κ3) is 6.86. The Kier molecular flexibility index (Phi) is 10.5. The molecule has 1 saturated carbocycles. The zero-order valence-corrected chi connectivity index (χ0v) is 21.2. The van der Waals surface area contributed by atoms with Crippen LogP contribution in [0.4, 0.5) is 0 Å². The van der Waals surface area contributed by atoms with Gasteiger partial charge in [-0.05, 0) is 87.8 Å². The van der Waals surface area contributed by atoms with E-state index in [0.29, 0.717) is 5.92 Å². The van der Waals surface area contributed by atoms with Crippen molar-refractivity contribution in [1.29, 1.82) is 0 Å². The summed E-state index contributed by atoms with van der Waals surface area (Å²) in [5.74, 6) is 0.887. The molecule has 2 aliphatic rings. The lowest BCUT2D eigenvalue weighted by atomic mass is 9.75. The first-order valence-corrected chi connectivity index (χ1v) is 12.5. The fraction of sp³-hybridized carbons (Fsp3) is 0.483. The molecule has 180 valence electrons. The third-order valence-electron chi connectivity index (χ3n) is 6.44. The predicted octanol–water partition coefficient (Wildman–Crippen LogP) is 6.52. The van der Waals surface area contributed by atoms with Gasteiger partial charge in [-0.15, -0.1) is 0 Å². The Morgan fingerprint density at radius 1 is 1.21 bits per heavy atom. The average Bonchev–Trinajstić information content (AvgIpc) is 2.87. The molecule has 4 nitrogen and oxygen atoms in total. The van der Waals surface area contributed by atoms with Gasteiger partial charge >= 0.3 is 0 Å². The monoisotopic (exact) mass is 450 g/mol. The quantitative estimate of drug-likeness (QED) is 0.414. The molecule has 3 N–H and O–H groups in total. The summed E-state index contributed by atoms with van der Waals surface area (Å²) in [5, 5.41) is 16.2. The number of aromatic hydroxyl groups is 1. The lowest BCUT2D eigenvalue weighted by Gasteiger charge is -2.30. The number of carbonyl (C=O) groups excluding carboxylic acids is 1. The summed E-state index contributed by atoms with van der Waals surface area (Å²) >= 11 is 0. The number of hydrogen-bond acceptors (Lipinski definition) is 3. The van der Waals surface area contributed by atoms with Crippen LogP contribution in [0.2, 0.25) is 0 Å². The second-order valence-electron chi connectivity index (χ2n) is 8.74. The summed E-state index contributed by atoms with van der Waals surface area (Å²) in [7, 11) is 0. The third-order valence-corrected chi connectivity index (χ3v) is 6.44. The molecule has 1 aromatic rings. The second kappa shape index (κ2) is 13.1. The number of nitrogens with one attached hydrogen (secondary N) is 2. The van der Waals surface area contributed by atoms with Crippen LogP contribution in [0.3, 0.4) is 0 Å². The fourth-order valence-corrected chi connectivity index (χ4v) is 4.46. The van der Waals surface area contributed by atoms with E-state index in [2.05, 4.69) is 55.8 Å². The van der Waals surface area contributed by atoms with Crippen LogP contribution in [0.1, 0.15) is 78.7 Å². The van der Waals surface area contributed by atoms with Crippen molar-refractivity contribution in [2.24, 2.45) is 5.92 Å². The number of amides is 1. The van der Waals surface area contributed by atoms with Crippen LogP contribution in [-0.4, -0.2) is 23.6 Å². The lowest BCUT2D eigenvalue weighted by Crippen LogP contribution is -2.32. The van der Waals surface area contributed by atoms with Crippen molar-refractivity contribution in [2.75, 3.05) is 6.54 Å². The standard InChI is InChI=1S/C27H36N2O2.C2H6/c1-5-8-22(17-28-6-2)26(20-9-7-10-20)16-25-19(4)24(15-18(3)29-27(25)31)21-11-13-23(30)14-12-21;1-2/h5,8,11-14,16-18,20,24,28,30H,6-7,9-10,15H2,1-4H3,(H,29,31);1-2H3/b8-5-,22-17+,26-16+;. The Morgan fingerprint density at radius 2 is 1.88 bits per heavy atom. The normalized spacial score (nSPS) is 22.3. The number of rotatable bonds is 7. The van der Waals surface area contributed by atoms with Gasteiger partial charge in [-0.2, -0.15) is 0 Å². The number of phenols is 1. The first kappa shape index (κ1) is 26.5. The fourth-order valence-electron chi connectivity index (χ4n) is 4.46. The Hall–Kier alpha value is -2.75. The number of benzene rings is 1. The largest absolute Gasteiger partial charge is 0.508 e. The molecule has 1 aliphatic heterocycles. The van der Waals surface area contributed by atoms with E-state index in [-0.39, 0.29) is 23.6 Å². The molecule has 1 amide bonds. The van der Waals surface area contributed by atoms with Crippen molar-refractivity contribution < 1.29 is 9.90 Å². The maximum atomic E-state index is 13.2. The lowest BCUT2D eigenvalue weighted by molar-refractivity contribution is -0.117. The molecule has 0 bridgehead atoms. The zero-order valence-electron chi connectivity index (χ0n) is 21.2. The number of hydrogen-bond donors (Lipinski definition) is 3. The molecule has 0 aromatic heterocycles. The van der Waals surface area contributed by atoms with Crippen LogP contribution in [0.25, 0.3) is 0 Å². The molecule has 2 atom stereocenters. The van der Waals surface area contributed by atoms with Crippen LogP contribution in [0, 0.1) is 5.92 Å². The van der Waals surface area contributed by atoms with Crippen LogP contribution < -0.4 is 10.6 Å². The number of carbonyl (C=O) groups is 1. The molecule has 1 fully saturated rings. The van der Waals surface area contributed by atoms with Crippen molar-refractivity contribution in [3.05, 3.63) is 76.5 Å². The number of allylic oxidation sites excluding steroid dienone is 5. The molecule has 1 aliphatic carbocycles. The summed E-state index contributed by atoms with van der Waals surface area (Å²) < 4.78 is 0. The minimum absolute atomic E-state index is 0.00591. The topological polar surface area (TPSA) is 61.4 Å². The van der Waals surface area contributed by atoms with E-state index in [0.717, 1.165) is 35.2 Å². The zero-order chi connectivity index (χ0) is 24.4. The second-order valence-corrected chi connectivity index (χ2v) is 8.74. The van der Waals surface area contributed by atoms with Gasteiger partial charge in [0.05, 0.1) is 0 Å². The van der Waals surface area contributed by atoms with E-state index in [1.54, 1.807) is 12.1 Å². The van der Waals surface area contributed by atoms with Crippen molar-refractivity contribution in [3.63, 3.8) is 0 Å². The molecule has 0 saturated heterocycles. The van der Waals surface area contributed by atoms with E-state index < -0.39 is 0 Å². The van der Waals surface area contributed by atoms with Crippen LogP contribution in [0.15, 0.2) is 71.0 Å². The Morgan fingerprint density at radius 3 is 2.42 bits per heavy atom. The molecule has 0 radical (unpaired) electrons. The van der Waals surface area contributed by atoms with Gasteiger partial charge in [0, 0.05) is 30.3 Å². The number of phenolic OH excluding ortho intramolecular Hbond substituents is 1. The van der Waals surface area contributed by atoms with Crippen LogP contribution in [-0.2, 0) is 4.79 Å². The Bertz CT molecular complexity index is 902. The van der Waals surface area contributed by atoms with E-state index in [1.807, 2.05) is 32.9 Å². The molecule has 3 rings (SSSR count). The van der Waals surface area contributed by atoms with Gasteiger partial charge in [0.1, 0.15) is 5.75 Å². The highest BCUT2D eigenvalue weighted by molar-refractivity contribution is 5.98. The van der Waals surface area contributed by atoms with Crippen molar-refractivity contribution in [1.82, 2.24) is 10.6 Å². The minimum atomic E-state index is 0.00591. The van der Waals surface area contributed by atoms with Crippen LogP contribution >= 0.6 is 0 Å². The van der Waals surface area contributed by atoms with E-state index in [9.17, 15) is 9.90 Å². The maximum Gasteiger partial charge on any atom is 0.251 e. The Balaban J connectivity index is 0.00000187. The molecule has 1 heterocycles. The summed E-state index contributed by atoms with van der Waals surface area (Å²) in [6.07, 6.45) is 12.8. The minimum Gasteiger partial charge on any atom is -0.508 e. The molecule has 2 unspecified atom stereocenters. The molecule has 1 aromatic carbocycles. The van der Waals surface area contributed by atoms with Crippen molar-refractivity contribution in [3.8, 4) is 5.75 Å². The smallest absolute Gasteiger partial charge is 0.251 e. The van der Waals surface area contributed by atoms with E-state index in [4.69, 9.17) is 0 Å². The Labute approximate surface area is 200 Å². The SMILES string of the molecule is CC.C\C=C/C(=C\NCC)C(=C/C1=C(C)C(c2ccc(O)cc2)CC(C)NC1=O)/C1CCC1. The summed E-state index contributed by atoms with van der Waals surface area (Å²) in [4.78, 5) is 13.2. The first-order chi connectivity index (χ1) is 15.9. The average molecular weight is 451 g/mol. The first-order valence-electron chi connectivity index (χ1n) is 12.5. The van der Waals surface area contributed by atoms with Gasteiger partial charge < -0.3 is 15.7 Å². The van der Waals surface area contributed by atoms with Gasteiger partial charge in [-0.25, -0.2) is 0 Å². The van der Waals surface area contributed by atoms with Crippen molar-refractivity contribution in [2.45, 2.75) is 79.2 Å². The van der Waals surface area contributed by atoms with Gasteiger partial charge in [-0.3, -0.25) is 4.79 Å². The van der Waals surface area contributed by atoms with Gasteiger partial charge in [0.25, 0.3) is 5.91 Å². The molecule has 0 spiro atoms. The summed E-state index contributed by atoms with van der Waals surface area (Å²) in [6.45, 7) is 13.1. The predicted molar refractivity (Wildman–Crippen MR) is 139 cm³/mol. The maximum absolute atomic E-state index is 13.2. The van der Waals surface area contributed by atoms with Gasteiger partial charge in [0.15, 0.2) is 0 Å². The van der Waals surface area contributed by atoms with E-state index >= 15 is 0 Å².